The minimum Gasteiger partial charge on any atom is -0.494 e. The Bertz CT molecular complexity index is 647. The zero-order valence-corrected chi connectivity index (χ0v) is 11.3. The van der Waals surface area contributed by atoms with Crippen LogP contribution in [0.5, 0.6) is 5.75 Å². The lowest BCUT2D eigenvalue weighted by molar-refractivity contribution is 0.262. The van der Waals surface area contributed by atoms with Crippen LogP contribution in [-0.2, 0) is 0 Å². The maximum atomic E-state index is 13.0. The van der Waals surface area contributed by atoms with Gasteiger partial charge in [0.25, 0.3) is 0 Å². The lowest BCUT2D eigenvalue weighted by Crippen LogP contribution is -2.19. The molecule has 0 aliphatic rings. The Balaban J connectivity index is 2.01. The predicted molar refractivity (Wildman–Crippen MR) is 76.6 cm³/mol. The van der Waals surface area contributed by atoms with E-state index in [1.165, 1.54) is 6.07 Å². The molecule has 2 N–H and O–H groups in total. The number of nitrogens with one attached hydrogen (secondary N) is 2. The van der Waals surface area contributed by atoms with Gasteiger partial charge in [-0.1, -0.05) is 6.07 Å². The Morgan fingerprint density at radius 2 is 1.76 bits per heavy atom. The summed E-state index contributed by atoms with van der Waals surface area (Å²) in [5.41, 5.74) is 0.688. The number of halogens is 2. The standard InChI is InChI=1S/C15H14F2N2O2/c1-2-21-12-5-3-4-10(8-12)18-15(20)19-11-6-7-13(16)14(17)9-11/h3-9H,2H2,1H3,(H2,18,19,20). The molecule has 2 rings (SSSR count). The average Bonchev–Trinajstić information content (AvgIpc) is 2.43. The molecular formula is C15H14F2N2O2. The fourth-order valence-corrected chi connectivity index (χ4v) is 1.70. The fourth-order valence-electron chi connectivity index (χ4n) is 1.70. The zero-order valence-electron chi connectivity index (χ0n) is 11.3. The van der Waals surface area contributed by atoms with Gasteiger partial charge in [-0.2, -0.15) is 0 Å². The molecule has 0 bridgehead atoms. The monoisotopic (exact) mass is 292 g/mol. The van der Waals surface area contributed by atoms with Crippen LogP contribution in [0.4, 0.5) is 25.0 Å². The molecule has 2 aromatic carbocycles. The number of amides is 2. The van der Waals surface area contributed by atoms with E-state index in [9.17, 15) is 13.6 Å². The highest BCUT2D eigenvalue weighted by atomic mass is 19.2. The van der Waals surface area contributed by atoms with Crippen LogP contribution in [0.25, 0.3) is 0 Å². The van der Waals surface area contributed by atoms with Gasteiger partial charge in [0.05, 0.1) is 6.61 Å². The molecular weight excluding hydrogens is 278 g/mol. The minimum absolute atomic E-state index is 0.160. The van der Waals surface area contributed by atoms with Crippen molar-refractivity contribution in [1.29, 1.82) is 0 Å². The van der Waals surface area contributed by atoms with Crippen LogP contribution in [0.3, 0.4) is 0 Å². The van der Waals surface area contributed by atoms with Gasteiger partial charge in [0.2, 0.25) is 0 Å². The van der Waals surface area contributed by atoms with Gasteiger partial charge in [-0.3, -0.25) is 0 Å². The molecule has 2 aromatic rings. The molecule has 4 nitrogen and oxygen atoms in total. The van der Waals surface area contributed by atoms with E-state index in [2.05, 4.69) is 10.6 Å². The summed E-state index contributed by atoms with van der Waals surface area (Å²) in [5, 5.41) is 4.99. The number of urea groups is 1. The average molecular weight is 292 g/mol. The third-order valence-corrected chi connectivity index (χ3v) is 2.58. The molecule has 0 saturated heterocycles. The highest BCUT2D eigenvalue weighted by Crippen LogP contribution is 2.18. The van der Waals surface area contributed by atoms with Gasteiger partial charge >= 0.3 is 6.03 Å². The van der Waals surface area contributed by atoms with Crippen molar-refractivity contribution in [2.75, 3.05) is 17.2 Å². The second-order valence-corrected chi connectivity index (χ2v) is 4.17. The van der Waals surface area contributed by atoms with Gasteiger partial charge in [-0.15, -0.1) is 0 Å². The van der Waals surface area contributed by atoms with E-state index in [0.29, 0.717) is 18.0 Å². The summed E-state index contributed by atoms with van der Waals surface area (Å²) >= 11 is 0. The van der Waals surface area contributed by atoms with E-state index >= 15 is 0 Å². The number of rotatable bonds is 4. The first kappa shape index (κ1) is 14.8. The first-order valence-electron chi connectivity index (χ1n) is 6.34. The van der Waals surface area contributed by atoms with E-state index in [-0.39, 0.29) is 5.69 Å². The largest absolute Gasteiger partial charge is 0.494 e. The van der Waals surface area contributed by atoms with Crippen LogP contribution in [0.15, 0.2) is 42.5 Å². The molecule has 0 fully saturated rings. The topological polar surface area (TPSA) is 50.4 Å². The Labute approximate surface area is 120 Å². The molecule has 0 aromatic heterocycles. The molecule has 0 spiro atoms. The normalized spacial score (nSPS) is 10.0. The van der Waals surface area contributed by atoms with Gasteiger partial charge in [0.15, 0.2) is 11.6 Å². The molecule has 6 heteroatoms. The van der Waals surface area contributed by atoms with Gasteiger partial charge in [0.1, 0.15) is 5.75 Å². The van der Waals surface area contributed by atoms with Crippen LogP contribution < -0.4 is 15.4 Å². The second-order valence-electron chi connectivity index (χ2n) is 4.17. The van der Waals surface area contributed by atoms with Crippen molar-refractivity contribution in [3.8, 4) is 5.75 Å². The van der Waals surface area contributed by atoms with E-state index in [1.54, 1.807) is 24.3 Å². The predicted octanol–water partition coefficient (Wildman–Crippen LogP) is 4.01. The summed E-state index contributed by atoms with van der Waals surface area (Å²) in [5.74, 6) is -1.36. The first-order valence-corrected chi connectivity index (χ1v) is 6.34. The molecule has 0 unspecified atom stereocenters. The van der Waals surface area contributed by atoms with E-state index in [1.807, 2.05) is 6.92 Å². The quantitative estimate of drug-likeness (QED) is 0.894. The van der Waals surface area contributed by atoms with Crippen LogP contribution in [0.2, 0.25) is 0 Å². The first-order chi connectivity index (χ1) is 10.1. The molecule has 0 saturated carbocycles. The zero-order chi connectivity index (χ0) is 15.2. The van der Waals surface area contributed by atoms with Crippen molar-refractivity contribution in [3.05, 3.63) is 54.1 Å². The Kier molecular flexibility index (Phi) is 4.71. The van der Waals surface area contributed by atoms with Gasteiger partial charge < -0.3 is 15.4 Å². The van der Waals surface area contributed by atoms with Crippen molar-refractivity contribution in [1.82, 2.24) is 0 Å². The molecule has 0 heterocycles. The number of hydrogen-bond acceptors (Lipinski definition) is 2. The Hall–Kier alpha value is -2.63. The van der Waals surface area contributed by atoms with Crippen LogP contribution in [0.1, 0.15) is 6.92 Å². The maximum absolute atomic E-state index is 13.0. The summed E-state index contributed by atoms with van der Waals surface area (Å²) < 4.78 is 31.1. The number of carbonyl (C=O) groups is 1. The molecule has 2 amide bonds. The van der Waals surface area contributed by atoms with Gasteiger partial charge in [0, 0.05) is 23.5 Å². The summed E-state index contributed by atoms with van der Waals surface area (Å²) in [6.07, 6.45) is 0. The van der Waals surface area contributed by atoms with Gasteiger partial charge in [-0.25, -0.2) is 13.6 Å². The highest BCUT2D eigenvalue weighted by molar-refractivity contribution is 5.99. The number of ether oxygens (including phenoxy) is 1. The molecule has 0 aliphatic carbocycles. The van der Waals surface area contributed by atoms with E-state index < -0.39 is 17.7 Å². The molecule has 21 heavy (non-hydrogen) atoms. The molecule has 110 valence electrons. The summed E-state index contributed by atoms with van der Waals surface area (Å²) in [7, 11) is 0. The number of hydrogen-bond donors (Lipinski definition) is 2. The maximum Gasteiger partial charge on any atom is 0.323 e. The van der Waals surface area contributed by atoms with Crippen LogP contribution >= 0.6 is 0 Å². The van der Waals surface area contributed by atoms with Crippen molar-refractivity contribution >= 4 is 17.4 Å². The highest BCUT2D eigenvalue weighted by Gasteiger charge is 2.06. The van der Waals surface area contributed by atoms with Crippen LogP contribution in [0, 0.1) is 11.6 Å². The summed E-state index contributed by atoms with van der Waals surface area (Å²) in [6, 6.07) is 9.41. The van der Waals surface area contributed by atoms with E-state index in [4.69, 9.17) is 4.74 Å². The summed E-state index contributed by atoms with van der Waals surface area (Å²) in [4.78, 5) is 11.8. The third-order valence-electron chi connectivity index (χ3n) is 2.58. The third kappa shape index (κ3) is 4.17. The lowest BCUT2D eigenvalue weighted by atomic mass is 10.3. The van der Waals surface area contributed by atoms with Crippen molar-refractivity contribution in [3.63, 3.8) is 0 Å². The Morgan fingerprint density at radius 1 is 1.05 bits per heavy atom. The van der Waals surface area contributed by atoms with Crippen LogP contribution in [-0.4, -0.2) is 12.6 Å². The Morgan fingerprint density at radius 3 is 2.43 bits per heavy atom. The molecule has 0 atom stereocenters. The number of benzene rings is 2. The molecule has 0 aliphatic heterocycles. The second kappa shape index (κ2) is 6.69. The molecule has 0 radical (unpaired) electrons. The smallest absolute Gasteiger partial charge is 0.323 e. The van der Waals surface area contributed by atoms with Gasteiger partial charge in [-0.05, 0) is 31.2 Å². The lowest BCUT2D eigenvalue weighted by Gasteiger charge is -2.09. The number of anilines is 2. The van der Waals surface area contributed by atoms with Crippen molar-refractivity contribution in [2.24, 2.45) is 0 Å². The fraction of sp³-hybridized carbons (Fsp3) is 0.133. The minimum atomic E-state index is -1.02. The summed E-state index contributed by atoms with van der Waals surface area (Å²) in [6.45, 7) is 2.38. The van der Waals surface area contributed by atoms with E-state index in [0.717, 1.165) is 12.1 Å². The number of carbonyl (C=O) groups excluding carboxylic acids is 1. The SMILES string of the molecule is CCOc1cccc(NC(=O)Nc2ccc(F)c(F)c2)c1. The van der Waals surface area contributed by atoms with Crippen molar-refractivity contribution < 1.29 is 18.3 Å². The van der Waals surface area contributed by atoms with Crippen molar-refractivity contribution in [2.45, 2.75) is 6.92 Å².